The summed E-state index contributed by atoms with van der Waals surface area (Å²) in [5, 5.41) is 14.3. The van der Waals surface area contributed by atoms with Gasteiger partial charge in [0.1, 0.15) is 5.00 Å². The molecule has 1 aliphatic carbocycles. The van der Waals surface area contributed by atoms with Gasteiger partial charge in [-0.15, -0.1) is 11.3 Å². The smallest absolute Gasteiger partial charge is 0.197 e. The van der Waals surface area contributed by atoms with Gasteiger partial charge in [0, 0.05) is 27.1 Å². The number of hydrogen-bond donors (Lipinski definition) is 0. The van der Waals surface area contributed by atoms with E-state index < -0.39 is 0 Å². The summed E-state index contributed by atoms with van der Waals surface area (Å²) in [6.45, 7) is 0. The molecule has 0 saturated carbocycles. The molecule has 0 radical (unpaired) electrons. The van der Waals surface area contributed by atoms with Crippen LogP contribution in [0, 0.1) is 11.3 Å². The van der Waals surface area contributed by atoms with Gasteiger partial charge in [0.15, 0.2) is 11.6 Å². The zero-order valence-corrected chi connectivity index (χ0v) is 22.0. The van der Waals surface area contributed by atoms with Gasteiger partial charge in [-0.25, -0.2) is 0 Å². The van der Waals surface area contributed by atoms with Crippen LogP contribution in [0.15, 0.2) is 121 Å². The molecule has 6 aromatic rings. The van der Waals surface area contributed by atoms with Crippen molar-refractivity contribution < 1.29 is 9.59 Å². The second kappa shape index (κ2) is 9.46. The number of nitriles is 1. The van der Waals surface area contributed by atoms with Crippen LogP contribution in [0.5, 0.6) is 0 Å². The van der Waals surface area contributed by atoms with Crippen molar-refractivity contribution >= 4 is 66.9 Å². The highest BCUT2D eigenvalue weighted by atomic mass is 32.1. The average Bonchev–Trinajstić information content (AvgIpc) is 3.55. The molecule has 0 aliphatic heterocycles. The Balaban J connectivity index is 1.32. The van der Waals surface area contributed by atoms with E-state index in [-0.39, 0.29) is 17.1 Å². The molecular weight excluding hydrogens is 512 g/mol. The van der Waals surface area contributed by atoms with E-state index in [0.717, 1.165) is 42.8 Å². The molecule has 0 N–H and O–H groups in total. The fourth-order valence-corrected chi connectivity index (χ4v) is 6.28. The average molecular weight is 533 g/mol. The van der Waals surface area contributed by atoms with E-state index in [1.807, 2.05) is 78.9 Å². The van der Waals surface area contributed by atoms with Gasteiger partial charge in [0.25, 0.3) is 0 Å². The first-order chi connectivity index (χ1) is 19.6. The van der Waals surface area contributed by atoms with Crippen LogP contribution in [0.3, 0.4) is 0 Å². The third-order valence-electron chi connectivity index (χ3n) is 7.25. The van der Waals surface area contributed by atoms with Crippen molar-refractivity contribution in [3.05, 3.63) is 142 Å². The number of allylic oxidation sites excluding steroid dienone is 1. The van der Waals surface area contributed by atoms with Gasteiger partial charge >= 0.3 is 0 Å². The molecule has 1 heterocycles. The second-order valence-electron chi connectivity index (χ2n) is 9.63. The van der Waals surface area contributed by atoms with Crippen molar-refractivity contribution in [3.63, 3.8) is 0 Å². The fourth-order valence-electron chi connectivity index (χ4n) is 5.30. The number of hydrogen-bond acceptors (Lipinski definition) is 5. The van der Waals surface area contributed by atoms with Crippen molar-refractivity contribution in [3.8, 4) is 6.07 Å². The Morgan fingerprint density at radius 2 is 1.30 bits per heavy atom. The number of Topliss-reactive ketones (excluding diaryl/α,β-unsaturated/α-hetero) is 2. The summed E-state index contributed by atoms with van der Waals surface area (Å²) in [5.74, 6) is -0.475. The van der Waals surface area contributed by atoms with Crippen molar-refractivity contribution in [1.82, 2.24) is 0 Å². The van der Waals surface area contributed by atoms with E-state index in [9.17, 15) is 14.9 Å². The van der Waals surface area contributed by atoms with Gasteiger partial charge in [-0.3, -0.25) is 9.59 Å². The summed E-state index contributed by atoms with van der Waals surface area (Å²) in [5.41, 5.74) is 3.60. The van der Waals surface area contributed by atoms with Crippen molar-refractivity contribution in [2.24, 2.45) is 0 Å². The van der Waals surface area contributed by atoms with Crippen LogP contribution in [0.25, 0.3) is 27.6 Å². The van der Waals surface area contributed by atoms with Crippen LogP contribution in [-0.4, -0.2) is 11.6 Å². The second-order valence-corrected chi connectivity index (χ2v) is 10.7. The van der Waals surface area contributed by atoms with Gasteiger partial charge < -0.3 is 4.90 Å². The number of benzene rings is 5. The topological polar surface area (TPSA) is 61.2 Å². The SMILES string of the molecule is N#Cc1ccc(N(c2ccc(C=C3C(=O)c4cc5ccccc5cc4C3=O)s2)c2cccc3ccccc23)cc1. The maximum atomic E-state index is 13.3. The molecule has 188 valence electrons. The van der Waals surface area contributed by atoms with Crippen LogP contribution < -0.4 is 4.90 Å². The maximum absolute atomic E-state index is 13.3. The molecule has 0 unspecified atom stereocenters. The Morgan fingerprint density at radius 3 is 1.98 bits per heavy atom. The van der Waals surface area contributed by atoms with Crippen molar-refractivity contribution in [2.45, 2.75) is 0 Å². The first-order valence-electron chi connectivity index (χ1n) is 12.8. The number of fused-ring (bicyclic) bond motifs is 3. The quantitative estimate of drug-likeness (QED) is 0.168. The highest BCUT2D eigenvalue weighted by Gasteiger charge is 2.33. The number of anilines is 3. The molecule has 0 saturated heterocycles. The van der Waals surface area contributed by atoms with Crippen LogP contribution in [-0.2, 0) is 0 Å². The summed E-state index contributed by atoms with van der Waals surface area (Å²) in [7, 11) is 0. The molecule has 7 rings (SSSR count). The number of ketones is 2. The van der Waals surface area contributed by atoms with Gasteiger partial charge in [-0.2, -0.15) is 5.26 Å². The predicted molar refractivity (Wildman–Crippen MR) is 162 cm³/mol. The Morgan fingerprint density at radius 1 is 0.675 bits per heavy atom. The zero-order chi connectivity index (χ0) is 27.2. The van der Waals surface area contributed by atoms with E-state index in [0.29, 0.717) is 16.7 Å². The maximum Gasteiger partial charge on any atom is 0.197 e. The molecule has 0 spiro atoms. The van der Waals surface area contributed by atoms with Crippen molar-refractivity contribution in [2.75, 3.05) is 4.90 Å². The van der Waals surface area contributed by atoms with E-state index >= 15 is 0 Å². The Hall–Kier alpha value is -5.31. The number of rotatable bonds is 4. The van der Waals surface area contributed by atoms with Crippen LogP contribution >= 0.6 is 11.3 Å². The minimum absolute atomic E-state index is 0.189. The third-order valence-corrected chi connectivity index (χ3v) is 8.26. The number of nitrogens with zero attached hydrogens (tertiary/aromatic N) is 2. The number of carbonyl (C=O) groups excluding carboxylic acids is 2. The van der Waals surface area contributed by atoms with Crippen LogP contribution in [0.1, 0.15) is 31.2 Å². The van der Waals surface area contributed by atoms with Gasteiger partial charge in [0.05, 0.1) is 22.9 Å². The van der Waals surface area contributed by atoms with Gasteiger partial charge in [-0.05, 0) is 76.8 Å². The Kier molecular flexibility index (Phi) is 5.62. The lowest BCUT2D eigenvalue weighted by atomic mass is 10.0. The summed E-state index contributed by atoms with van der Waals surface area (Å²) in [6.07, 6.45) is 1.71. The molecule has 5 aromatic carbocycles. The summed E-state index contributed by atoms with van der Waals surface area (Å²) >= 11 is 1.50. The number of carbonyl (C=O) groups is 2. The molecule has 4 nitrogen and oxygen atoms in total. The van der Waals surface area contributed by atoms with Crippen LogP contribution in [0.2, 0.25) is 0 Å². The summed E-state index contributed by atoms with van der Waals surface area (Å²) in [6, 6.07) is 39.4. The minimum atomic E-state index is -0.237. The fraction of sp³-hybridized carbons (Fsp3) is 0. The molecule has 1 aliphatic rings. The molecule has 1 aromatic heterocycles. The Bertz CT molecular complexity index is 2000. The highest BCUT2D eigenvalue weighted by Crippen LogP contribution is 2.43. The largest absolute Gasteiger partial charge is 0.301 e. The van der Waals surface area contributed by atoms with E-state index in [4.69, 9.17) is 0 Å². The first kappa shape index (κ1) is 23.8. The monoisotopic (exact) mass is 532 g/mol. The van der Waals surface area contributed by atoms with Crippen LogP contribution in [0.4, 0.5) is 16.4 Å². The minimum Gasteiger partial charge on any atom is -0.301 e. The molecule has 5 heteroatoms. The van der Waals surface area contributed by atoms with E-state index in [1.54, 1.807) is 18.2 Å². The lowest BCUT2D eigenvalue weighted by Gasteiger charge is -2.25. The predicted octanol–water partition coefficient (Wildman–Crippen LogP) is 8.86. The number of thiophene rings is 1. The highest BCUT2D eigenvalue weighted by molar-refractivity contribution is 7.17. The zero-order valence-electron chi connectivity index (χ0n) is 21.2. The molecule has 0 fully saturated rings. The third kappa shape index (κ3) is 3.90. The summed E-state index contributed by atoms with van der Waals surface area (Å²) < 4.78 is 0. The molecule has 0 atom stereocenters. The normalized spacial score (nSPS) is 12.5. The van der Waals surface area contributed by atoms with E-state index in [2.05, 4.69) is 35.2 Å². The summed E-state index contributed by atoms with van der Waals surface area (Å²) in [4.78, 5) is 29.6. The Labute approximate surface area is 234 Å². The van der Waals surface area contributed by atoms with E-state index in [1.165, 1.54) is 11.3 Å². The molecule has 40 heavy (non-hydrogen) atoms. The first-order valence-corrected chi connectivity index (χ1v) is 13.6. The molecular formula is C35H20N2O2S. The molecule has 0 amide bonds. The van der Waals surface area contributed by atoms with Crippen molar-refractivity contribution in [1.29, 1.82) is 5.26 Å². The van der Waals surface area contributed by atoms with Gasteiger partial charge in [-0.1, -0.05) is 60.7 Å². The van der Waals surface area contributed by atoms with Gasteiger partial charge in [0.2, 0.25) is 0 Å². The lowest BCUT2D eigenvalue weighted by molar-refractivity contribution is 0.0990. The lowest BCUT2D eigenvalue weighted by Crippen LogP contribution is -2.08. The standard InChI is InChI=1S/C35H20N2O2S/c36-21-22-12-14-26(15-13-22)37(32-11-5-9-23-6-3-4-10-28(23)32)33-17-16-27(40-33)20-31-34(38)29-18-24-7-1-2-8-25(24)19-30(29)35(31)39/h1-20H. The molecule has 0 bridgehead atoms.